The molecule has 2 fully saturated rings. The summed E-state index contributed by atoms with van der Waals surface area (Å²) in [4.78, 5) is 0. The Kier molecular flexibility index (Phi) is 3.19. The Morgan fingerprint density at radius 2 is 1.65 bits per heavy atom. The van der Waals surface area contributed by atoms with Crippen LogP contribution in [0.4, 0.5) is 0 Å². The van der Waals surface area contributed by atoms with Crippen molar-refractivity contribution in [2.45, 2.75) is 51.0 Å². The first kappa shape index (κ1) is 11.3. The van der Waals surface area contributed by atoms with Gasteiger partial charge in [0.1, 0.15) is 0 Å². The van der Waals surface area contributed by atoms with Crippen LogP contribution in [0, 0.1) is 5.92 Å². The van der Waals surface area contributed by atoms with Crippen molar-refractivity contribution in [3.63, 3.8) is 0 Å². The van der Waals surface area contributed by atoms with E-state index in [9.17, 15) is 0 Å². The lowest BCUT2D eigenvalue weighted by molar-refractivity contribution is 0.306. The topological polar surface area (TPSA) is 12.0 Å². The first-order valence-corrected chi connectivity index (χ1v) is 7.18. The van der Waals surface area contributed by atoms with Crippen molar-refractivity contribution < 1.29 is 0 Å². The van der Waals surface area contributed by atoms with E-state index in [0.29, 0.717) is 6.04 Å². The summed E-state index contributed by atoms with van der Waals surface area (Å²) in [6.07, 6.45) is 6.92. The second-order valence-electron chi connectivity index (χ2n) is 5.85. The van der Waals surface area contributed by atoms with Crippen molar-refractivity contribution >= 4 is 0 Å². The van der Waals surface area contributed by atoms with Crippen LogP contribution in [0.25, 0.3) is 0 Å². The van der Waals surface area contributed by atoms with Gasteiger partial charge in [-0.05, 0) is 55.2 Å². The minimum Gasteiger partial charge on any atom is -0.310 e. The van der Waals surface area contributed by atoms with E-state index in [-0.39, 0.29) is 0 Å². The minimum atomic E-state index is 0.583. The van der Waals surface area contributed by atoms with Crippen molar-refractivity contribution in [1.29, 1.82) is 0 Å². The molecule has 1 heteroatoms. The SMILES string of the molecule is CC1CCCNC1c1ccc(C2CCC2)cc1. The Balaban J connectivity index is 1.74. The molecule has 2 unspecified atom stereocenters. The monoisotopic (exact) mass is 229 g/mol. The molecule has 3 rings (SSSR count). The number of piperidine rings is 1. The smallest absolute Gasteiger partial charge is 0.0346 e. The molecule has 0 aromatic heterocycles. The molecule has 1 saturated carbocycles. The zero-order valence-electron chi connectivity index (χ0n) is 10.8. The van der Waals surface area contributed by atoms with Crippen molar-refractivity contribution in [2.24, 2.45) is 5.92 Å². The number of nitrogens with one attached hydrogen (secondary N) is 1. The zero-order valence-corrected chi connectivity index (χ0v) is 10.8. The van der Waals surface area contributed by atoms with Gasteiger partial charge in [0.25, 0.3) is 0 Å². The Morgan fingerprint density at radius 3 is 2.24 bits per heavy atom. The van der Waals surface area contributed by atoms with Crippen LogP contribution >= 0.6 is 0 Å². The van der Waals surface area contributed by atoms with Gasteiger partial charge in [-0.2, -0.15) is 0 Å². The summed E-state index contributed by atoms with van der Waals surface area (Å²) in [5, 5.41) is 3.66. The maximum absolute atomic E-state index is 3.66. The maximum Gasteiger partial charge on any atom is 0.0346 e. The van der Waals surface area contributed by atoms with Crippen LogP contribution in [0.5, 0.6) is 0 Å². The molecular weight excluding hydrogens is 206 g/mol. The van der Waals surface area contributed by atoms with E-state index < -0.39 is 0 Å². The highest BCUT2D eigenvalue weighted by molar-refractivity contribution is 5.29. The van der Waals surface area contributed by atoms with Gasteiger partial charge in [-0.15, -0.1) is 0 Å². The number of rotatable bonds is 2. The average Bonchev–Trinajstić information content (AvgIpc) is 2.29. The third-order valence-electron chi connectivity index (χ3n) is 4.64. The lowest BCUT2D eigenvalue weighted by Gasteiger charge is -2.31. The zero-order chi connectivity index (χ0) is 11.7. The van der Waals surface area contributed by atoms with Gasteiger partial charge in [0.2, 0.25) is 0 Å². The van der Waals surface area contributed by atoms with Crippen molar-refractivity contribution in [3.05, 3.63) is 35.4 Å². The predicted octanol–water partition coefficient (Wildman–Crippen LogP) is 4.01. The minimum absolute atomic E-state index is 0.583. The molecule has 0 spiro atoms. The van der Waals surface area contributed by atoms with Gasteiger partial charge in [-0.1, -0.05) is 37.6 Å². The number of hydrogen-bond donors (Lipinski definition) is 1. The van der Waals surface area contributed by atoms with Gasteiger partial charge in [0, 0.05) is 6.04 Å². The highest BCUT2D eigenvalue weighted by Gasteiger charge is 2.23. The second kappa shape index (κ2) is 4.81. The Bertz CT molecular complexity index is 364. The molecule has 1 aromatic rings. The molecule has 0 amide bonds. The lowest BCUT2D eigenvalue weighted by atomic mass is 9.79. The molecule has 1 nitrogen and oxygen atoms in total. The molecule has 1 N–H and O–H groups in total. The third-order valence-corrected chi connectivity index (χ3v) is 4.64. The van der Waals surface area contributed by atoms with Crippen LogP contribution in [0.15, 0.2) is 24.3 Å². The summed E-state index contributed by atoms with van der Waals surface area (Å²) in [5.74, 6) is 1.64. The number of hydrogen-bond acceptors (Lipinski definition) is 1. The molecule has 17 heavy (non-hydrogen) atoms. The van der Waals surface area contributed by atoms with Crippen LogP contribution in [-0.4, -0.2) is 6.54 Å². The van der Waals surface area contributed by atoms with E-state index in [0.717, 1.165) is 11.8 Å². The molecule has 2 aliphatic rings. The van der Waals surface area contributed by atoms with Gasteiger partial charge >= 0.3 is 0 Å². The molecule has 92 valence electrons. The van der Waals surface area contributed by atoms with Crippen molar-refractivity contribution in [1.82, 2.24) is 5.32 Å². The van der Waals surface area contributed by atoms with Crippen molar-refractivity contribution in [2.75, 3.05) is 6.54 Å². The molecule has 0 bridgehead atoms. The Hall–Kier alpha value is -0.820. The van der Waals surface area contributed by atoms with E-state index in [1.807, 2.05) is 0 Å². The van der Waals surface area contributed by atoms with Crippen LogP contribution in [0.1, 0.15) is 62.1 Å². The first-order valence-electron chi connectivity index (χ1n) is 7.18. The summed E-state index contributed by atoms with van der Waals surface area (Å²) in [6, 6.07) is 10.0. The molecule has 2 atom stereocenters. The summed E-state index contributed by atoms with van der Waals surface area (Å²) in [7, 11) is 0. The standard InChI is InChI=1S/C16H23N/c1-12-4-3-11-17-16(12)15-9-7-14(8-10-15)13-5-2-6-13/h7-10,12-13,16-17H,2-6,11H2,1H3. The maximum atomic E-state index is 3.66. The molecule has 1 saturated heterocycles. The fraction of sp³-hybridized carbons (Fsp3) is 0.625. The van der Waals surface area contributed by atoms with Gasteiger partial charge in [-0.3, -0.25) is 0 Å². The van der Waals surface area contributed by atoms with Gasteiger partial charge < -0.3 is 5.32 Å². The summed E-state index contributed by atoms with van der Waals surface area (Å²) in [5.41, 5.74) is 3.05. The number of benzene rings is 1. The van der Waals surface area contributed by atoms with E-state index in [4.69, 9.17) is 0 Å². The van der Waals surface area contributed by atoms with E-state index in [1.54, 1.807) is 5.56 Å². The predicted molar refractivity (Wildman–Crippen MR) is 72.2 cm³/mol. The summed E-state index contributed by atoms with van der Waals surface area (Å²) >= 11 is 0. The van der Waals surface area contributed by atoms with Gasteiger partial charge in [0.05, 0.1) is 0 Å². The molecule has 1 aliphatic heterocycles. The fourth-order valence-electron chi connectivity index (χ4n) is 3.21. The van der Waals surface area contributed by atoms with Crippen molar-refractivity contribution in [3.8, 4) is 0 Å². The summed E-state index contributed by atoms with van der Waals surface area (Å²) < 4.78 is 0. The first-order chi connectivity index (χ1) is 8.34. The Labute approximate surface area is 105 Å². The molecule has 1 aromatic carbocycles. The highest BCUT2D eigenvalue weighted by atomic mass is 14.9. The summed E-state index contributed by atoms with van der Waals surface area (Å²) in [6.45, 7) is 3.55. The molecule has 0 radical (unpaired) electrons. The van der Waals surface area contributed by atoms with Crippen LogP contribution in [0.3, 0.4) is 0 Å². The normalized spacial score (nSPS) is 29.9. The molecule has 1 heterocycles. The van der Waals surface area contributed by atoms with Gasteiger partial charge in [0.15, 0.2) is 0 Å². The Morgan fingerprint density at radius 1 is 0.941 bits per heavy atom. The van der Waals surface area contributed by atoms with E-state index in [1.165, 1.54) is 44.2 Å². The lowest BCUT2D eigenvalue weighted by Crippen LogP contribution is -2.32. The largest absolute Gasteiger partial charge is 0.310 e. The quantitative estimate of drug-likeness (QED) is 0.808. The molecular formula is C16H23N. The van der Waals surface area contributed by atoms with Gasteiger partial charge in [-0.25, -0.2) is 0 Å². The second-order valence-corrected chi connectivity index (χ2v) is 5.85. The van der Waals surface area contributed by atoms with Crippen LogP contribution in [0.2, 0.25) is 0 Å². The average molecular weight is 229 g/mol. The molecule has 1 aliphatic carbocycles. The highest BCUT2D eigenvalue weighted by Crippen LogP contribution is 2.37. The third kappa shape index (κ3) is 2.26. The van der Waals surface area contributed by atoms with Crippen LogP contribution in [-0.2, 0) is 0 Å². The van der Waals surface area contributed by atoms with Crippen LogP contribution < -0.4 is 5.32 Å². The van der Waals surface area contributed by atoms with E-state index in [2.05, 4.69) is 36.5 Å². The fourth-order valence-corrected chi connectivity index (χ4v) is 3.21. The van der Waals surface area contributed by atoms with E-state index >= 15 is 0 Å².